The topological polar surface area (TPSA) is 71.1 Å². The zero-order chi connectivity index (χ0) is 12.8. The maximum absolute atomic E-state index is 11.7. The van der Waals surface area contributed by atoms with Crippen LogP contribution in [-0.2, 0) is 0 Å². The van der Waals surface area contributed by atoms with Gasteiger partial charge in [0.25, 0.3) is 5.91 Å². The lowest BCUT2D eigenvalue weighted by molar-refractivity contribution is 0.0967. The number of amides is 3. The maximum atomic E-state index is 11.7. The van der Waals surface area contributed by atoms with Crippen molar-refractivity contribution in [1.82, 2.24) is 10.3 Å². The van der Waals surface area contributed by atoms with Crippen LogP contribution in [0.5, 0.6) is 0 Å². The molecule has 2 rings (SSSR count). The maximum Gasteiger partial charge on any atom is 0.326 e. The van der Waals surface area contributed by atoms with E-state index in [1.165, 1.54) is 0 Å². The summed E-state index contributed by atoms with van der Waals surface area (Å²) in [6, 6.07) is 11.2. The minimum Gasteiger partial charge on any atom is -0.308 e. The highest BCUT2D eigenvalue weighted by Crippen LogP contribution is 2.03. The lowest BCUT2D eigenvalue weighted by Crippen LogP contribution is -2.34. The van der Waals surface area contributed by atoms with Gasteiger partial charge in [-0.1, -0.05) is 18.2 Å². The average Bonchev–Trinajstić information content (AvgIpc) is 2.40. The molecular formula is C13H11N3O2. The molecule has 5 heteroatoms. The van der Waals surface area contributed by atoms with Gasteiger partial charge in [0.15, 0.2) is 0 Å². The molecule has 0 radical (unpaired) electrons. The van der Waals surface area contributed by atoms with Gasteiger partial charge in [0, 0.05) is 23.6 Å². The van der Waals surface area contributed by atoms with E-state index in [-0.39, 0.29) is 0 Å². The Balaban J connectivity index is 1.94. The fourth-order valence-electron chi connectivity index (χ4n) is 1.36. The summed E-state index contributed by atoms with van der Waals surface area (Å²) in [5.74, 6) is -0.442. The molecule has 0 atom stereocenters. The molecule has 5 nitrogen and oxygen atoms in total. The second-order valence-electron chi connectivity index (χ2n) is 3.51. The van der Waals surface area contributed by atoms with Crippen LogP contribution in [0.4, 0.5) is 10.5 Å². The molecule has 0 bridgehead atoms. The third kappa shape index (κ3) is 3.15. The fourth-order valence-corrected chi connectivity index (χ4v) is 1.36. The van der Waals surface area contributed by atoms with Crippen molar-refractivity contribution in [2.24, 2.45) is 0 Å². The third-order valence-electron chi connectivity index (χ3n) is 2.20. The molecule has 2 aromatic rings. The van der Waals surface area contributed by atoms with Gasteiger partial charge in [-0.05, 0) is 24.3 Å². The van der Waals surface area contributed by atoms with Gasteiger partial charge in [0.2, 0.25) is 0 Å². The van der Waals surface area contributed by atoms with Crippen LogP contribution in [0.15, 0.2) is 54.9 Å². The number of aromatic nitrogens is 1. The molecule has 3 amide bonds. The first-order valence-electron chi connectivity index (χ1n) is 5.33. The van der Waals surface area contributed by atoms with Crippen LogP contribution >= 0.6 is 0 Å². The Morgan fingerprint density at radius 2 is 1.61 bits per heavy atom. The number of nitrogens with one attached hydrogen (secondary N) is 2. The van der Waals surface area contributed by atoms with E-state index in [1.807, 2.05) is 0 Å². The first-order valence-corrected chi connectivity index (χ1v) is 5.33. The zero-order valence-electron chi connectivity index (χ0n) is 9.46. The van der Waals surface area contributed by atoms with E-state index < -0.39 is 11.9 Å². The van der Waals surface area contributed by atoms with E-state index in [1.54, 1.807) is 54.9 Å². The lowest BCUT2D eigenvalue weighted by Gasteiger charge is -2.06. The van der Waals surface area contributed by atoms with Crippen LogP contribution in [0.3, 0.4) is 0 Å². The van der Waals surface area contributed by atoms with Gasteiger partial charge in [-0.3, -0.25) is 15.1 Å². The van der Waals surface area contributed by atoms with Crippen LogP contribution in [0, 0.1) is 0 Å². The zero-order valence-corrected chi connectivity index (χ0v) is 9.46. The Morgan fingerprint density at radius 3 is 2.28 bits per heavy atom. The molecule has 0 saturated carbocycles. The fraction of sp³-hybridized carbons (Fsp3) is 0. The van der Waals surface area contributed by atoms with Crippen molar-refractivity contribution in [2.45, 2.75) is 0 Å². The molecular weight excluding hydrogens is 230 g/mol. The smallest absolute Gasteiger partial charge is 0.308 e. The average molecular weight is 241 g/mol. The van der Waals surface area contributed by atoms with Crippen LogP contribution < -0.4 is 10.6 Å². The first kappa shape index (κ1) is 11.8. The number of urea groups is 1. The van der Waals surface area contributed by atoms with Crippen molar-refractivity contribution in [3.8, 4) is 0 Å². The Labute approximate surface area is 104 Å². The van der Waals surface area contributed by atoms with E-state index in [9.17, 15) is 9.59 Å². The number of carbonyl (C=O) groups is 2. The van der Waals surface area contributed by atoms with Gasteiger partial charge in [-0.2, -0.15) is 0 Å². The quantitative estimate of drug-likeness (QED) is 0.845. The summed E-state index contributed by atoms with van der Waals surface area (Å²) in [7, 11) is 0. The van der Waals surface area contributed by atoms with Crippen LogP contribution in [0.1, 0.15) is 10.4 Å². The van der Waals surface area contributed by atoms with Crippen molar-refractivity contribution in [1.29, 1.82) is 0 Å². The molecule has 2 N–H and O–H groups in total. The molecule has 0 fully saturated rings. The summed E-state index contributed by atoms with van der Waals surface area (Å²) in [5.41, 5.74) is 1.01. The summed E-state index contributed by atoms with van der Waals surface area (Å²) in [6.07, 6.45) is 3.10. The van der Waals surface area contributed by atoms with Crippen molar-refractivity contribution >= 4 is 17.6 Å². The van der Waals surface area contributed by atoms with Gasteiger partial charge in [0.05, 0.1) is 0 Å². The molecule has 1 aromatic carbocycles. The molecule has 0 saturated heterocycles. The van der Waals surface area contributed by atoms with Gasteiger partial charge >= 0.3 is 6.03 Å². The van der Waals surface area contributed by atoms with Crippen molar-refractivity contribution in [3.63, 3.8) is 0 Å². The number of nitrogens with zero attached hydrogens (tertiary/aromatic N) is 1. The standard InChI is InChI=1S/C13H11N3O2/c17-12(10-4-2-1-3-5-10)16-13(18)15-11-6-8-14-9-7-11/h1-9H,(H2,14,15,16,17,18). The third-order valence-corrected chi connectivity index (χ3v) is 2.20. The predicted octanol–water partition coefficient (Wildman–Crippen LogP) is 2.04. The number of carbonyl (C=O) groups excluding carboxylic acids is 2. The number of rotatable bonds is 2. The minimum absolute atomic E-state index is 0.433. The van der Waals surface area contributed by atoms with E-state index in [4.69, 9.17) is 0 Å². The number of anilines is 1. The summed E-state index contributed by atoms with van der Waals surface area (Å²) >= 11 is 0. The van der Waals surface area contributed by atoms with Crippen LogP contribution in [0.2, 0.25) is 0 Å². The predicted molar refractivity (Wildman–Crippen MR) is 67.2 cm³/mol. The monoisotopic (exact) mass is 241 g/mol. The number of hydrogen-bond donors (Lipinski definition) is 2. The largest absolute Gasteiger partial charge is 0.326 e. The minimum atomic E-state index is -0.574. The van der Waals surface area contributed by atoms with E-state index >= 15 is 0 Å². The Bertz CT molecular complexity index is 541. The molecule has 0 unspecified atom stereocenters. The van der Waals surface area contributed by atoms with Crippen molar-refractivity contribution < 1.29 is 9.59 Å². The first-order chi connectivity index (χ1) is 8.75. The number of imide groups is 1. The lowest BCUT2D eigenvalue weighted by atomic mass is 10.2. The van der Waals surface area contributed by atoms with Gasteiger partial charge in [0.1, 0.15) is 0 Å². The van der Waals surface area contributed by atoms with Crippen molar-refractivity contribution in [3.05, 3.63) is 60.4 Å². The molecule has 0 aliphatic carbocycles. The highest BCUT2D eigenvalue weighted by Gasteiger charge is 2.09. The summed E-state index contributed by atoms with van der Waals surface area (Å²) < 4.78 is 0. The van der Waals surface area contributed by atoms with Crippen molar-refractivity contribution in [2.75, 3.05) is 5.32 Å². The molecule has 18 heavy (non-hydrogen) atoms. The number of benzene rings is 1. The second-order valence-corrected chi connectivity index (χ2v) is 3.51. The van der Waals surface area contributed by atoms with Crippen LogP contribution in [-0.4, -0.2) is 16.9 Å². The second kappa shape index (κ2) is 5.58. The van der Waals surface area contributed by atoms with Gasteiger partial charge in [-0.25, -0.2) is 4.79 Å². The molecule has 1 aromatic heterocycles. The van der Waals surface area contributed by atoms with Gasteiger partial charge in [-0.15, -0.1) is 0 Å². The molecule has 90 valence electrons. The number of pyridine rings is 1. The summed E-state index contributed by atoms with van der Waals surface area (Å²) in [5, 5.41) is 4.77. The van der Waals surface area contributed by atoms with E-state index in [0.717, 1.165) is 0 Å². The molecule has 0 aliphatic rings. The summed E-state index contributed by atoms with van der Waals surface area (Å²) in [4.78, 5) is 27.0. The summed E-state index contributed by atoms with van der Waals surface area (Å²) in [6.45, 7) is 0. The normalized spacial score (nSPS) is 9.56. The number of hydrogen-bond acceptors (Lipinski definition) is 3. The highest BCUT2D eigenvalue weighted by molar-refractivity contribution is 6.07. The Morgan fingerprint density at radius 1 is 0.944 bits per heavy atom. The van der Waals surface area contributed by atoms with E-state index in [0.29, 0.717) is 11.3 Å². The highest BCUT2D eigenvalue weighted by atomic mass is 16.2. The SMILES string of the molecule is O=C(NC(=O)c1ccccc1)Nc1ccncc1. The molecule has 1 heterocycles. The Kier molecular flexibility index (Phi) is 3.66. The van der Waals surface area contributed by atoms with Gasteiger partial charge < -0.3 is 5.32 Å². The Hall–Kier alpha value is -2.69. The van der Waals surface area contributed by atoms with E-state index in [2.05, 4.69) is 15.6 Å². The van der Waals surface area contributed by atoms with Crippen LogP contribution in [0.25, 0.3) is 0 Å². The molecule has 0 aliphatic heterocycles. The molecule has 0 spiro atoms.